The summed E-state index contributed by atoms with van der Waals surface area (Å²) in [6.07, 6.45) is 0. The van der Waals surface area contributed by atoms with E-state index in [2.05, 4.69) is 5.10 Å². The minimum Gasteiger partial charge on any atom is -0.497 e. The maximum Gasteiger partial charge on any atom is 0.338 e. The molecular weight excluding hydrogens is 396 g/mol. The molecule has 0 bridgehead atoms. The second-order valence-electron chi connectivity index (χ2n) is 7.00. The van der Waals surface area contributed by atoms with Gasteiger partial charge < -0.3 is 14.6 Å². The number of nitrogens with zero attached hydrogens (tertiary/aromatic N) is 4. The number of aliphatic hydroxyl groups is 1. The molecule has 8 heteroatoms. The van der Waals surface area contributed by atoms with E-state index in [4.69, 9.17) is 14.5 Å². The standard InChI is InChI=1S/C23H24N4O4/c1-4-31-22(29)20-15(2)24-23-26(21(20)16-10-12-18(30-3)13-11-16)19(14-28)25-27(23)17-8-6-5-7-9-17/h5-13,21,28H,4,14H2,1-3H3. The fourth-order valence-corrected chi connectivity index (χ4v) is 3.75. The Bertz CT molecular complexity index is 1060. The summed E-state index contributed by atoms with van der Waals surface area (Å²) in [5.41, 5.74) is 2.58. The van der Waals surface area contributed by atoms with Gasteiger partial charge in [0.15, 0.2) is 5.84 Å². The van der Waals surface area contributed by atoms with Crippen molar-refractivity contribution in [1.29, 1.82) is 0 Å². The summed E-state index contributed by atoms with van der Waals surface area (Å²) in [6.45, 7) is 3.48. The van der Waals surface area contributed by atoms with Gasteiger partial charge in [0.05, 0.1) is 36.7 Å². The third-order valence-electron chi connectivity index (χ3n) is 5.16. The molecule has 0 aromatic heterocycles. The highest BCUT2D eigenvalue weighted by Gasteiger charge is 2.44. The second-order valence-corrected chi connectivity index (χ2v) is 7.00. The molecule has 0 fully saturated rings. The van der Waals surface area contributed by atoms with Crippen LogP contribution in [0.3, 0.4) is 0 Å². The lowest BCUT2D eigenvalue weighted by molar-refractivity contribution is -0.139. The van der Waals surface area contributed by atoms with Crippen molar-refractivity contribution >= 4 is 23.5 Å². The first-order valence-electron chi connectivity index (χ1n) is 10.0. The van der Waals surface area contributed by atoms with Crippen molar-refractivity contribution in [3.63, 3.8) is 0 Å². The van der Waals surface area contributed by atoms with Gasteiger partial charge in [0.2, 0.25) is 5.96 Å². The Hall–Kier alpha value is -3.65. The van der Waals surface area contributed by atoms with E-state index in [1.54, 1.807) is 30.9 Å². The van der Waals surface area contributed by atoms with Gasteiger partial charge in [-0.2, -0.15) is 5.01 Å². The van der Waals surface area contributed by atoms with Gasteiger partial charge in [-0.15, -0.1) is 5.10 Å². The van der Waals surface area contributed by atoms with Crippen LogP contribution in [0.5, 0.6) is 5.75 Å². The van der Waals surface area contributed by atoms with Gasteiger partial charge in [-0.05, 0) is 43.7 Å². The summed E-state index contributed by atoms with van der Waals surface area (Å²) >= 11 is 0. The quantitative estimate of drug-likeness (QED) is 0.723. The summed E-state index contributed by atoms with van der Waals surface area (Å²) in [5.74, 6) is 1.16. The van der Waals surface area contributed by atoms with Crippen molar-refractivity contribution in [3.05, 3.63) is 71.4 Å². The topological polar surface area (TPSA) is 87.0 Å². The normalized spacial score (nSPS) is 17.9. The molecule has 2 heterocycles. The Kier molecular flexibility index (Phi) is 5.73. The van der Waals surface area contributed by atoms with E-state index in [1.807, 2.05) is 54.6 Å². The van der Waals surface area contributed by atoms with Crippen molar-refractivity contribution in [3.8, 4) is 5.75 Å². The van der Waals surface area contributed by atoms with E-state index < -0.39 is 12.0 Å². The third-order valence-corrected chi connectivity index (χ3v) is 5.16. The molecular formula is C23H24N4O4. The number of esters is 1. The van der Waals surface area contributed by atoms with Crippen LogP contribution in [-0.2, 0) is 9.53 Å². The molecule has 1 unspecified atom stereocenters. The fraction of sp³-hybridized carbons (Fsp3) is 0.261. The van der Waals surface area contributed by atoms with Crippen LogP contribution in [0.15, 0.2) is 76.0 Å². The lowest BCUT2D eigenvalue weighted by atomic mass is 9.94. The molecule has 2 aliphatic rings. The summed E-state index contributed by atoms with van der Waals surface area (Å²) in [7, 11) is 1.60. The van der Waals surface area contributed by atoms with Crippen molar-refractivity contribution < 1.29 is 19.4 Å². The number of hydrogen-bond acceptors (Lipinski definition) is 8. The van der Waals surface area contributed by atoms with Crippen LogP contribution in [0.25, 0.3) is 0 Å². The van der Waals surface area contributed by atoms with Gasteiger partial charge in [-0.25, -0.2) is 9.79 Å². The average molecular weight is 420 g/mol. The number of aliphatic hydroxyl groups excluding tert-OH is 1. The van der Waals surface area contributed by atoms with E-state index in [0.29, 0.717) is 28.8 Å². The minimum absolute atomic E-state index is 0.249. The third kappa shape index (κ3) is 3.66. The first-order chi connectivity index (χ1) is 15.1. The van der Waals surface area contributed by atoms with Gasteiger partial charge in [0.1, 0.15) is 12.4 Å². The molecule has 0 saturated heterocycles. The van der Waals surface area contributed by atoms with Crippen LogP contribution in [0, 0.1) is 0 Å². The number of allylic oxidation sites excluding steroid dienone is 1. The van der Waals surface area contributed by atoms with E-state index in [9.17, 15) is 9.90 Å². The fourth-order valence-electron chi connectivity index (χ4n) is 3.75. The molecule has 0 aliphatic carbocycles. The summed E-state index contributed by atoms with van der Waals surface area (Å²) in [4.78, 5) is 19.4. The Morgan fingerprint density at radius 1 is 1.13 bits per heavy atom. The Balaban J connectivity index is 1.88. The van der Waals surface area contributed by atoms with E-state index in [0.717, 1.165) is 11.3 Å². The van der Waals surface area contributed by atoms with Crippen LogP contribution in [-0.4, -0.2) is 48.1 Å². The van der Waals surface area contributed by atoms with Crippen LogP contribution in [0.2, 0.25) is 0 Å². The monoisotopic (exact) mass is 420 g/mol. The van der Waals surface area contributed by atoms with E-state index in [1.165, 1.54) is 0 Å². The van der Waals surface area contributed by atoms with Crippen molar-refractivity contribution in [2.45, 2.75) is 19.9 Å². The molecule has 4 rings (SSSR count). The summed E-state index contributed by atoms with van der Waals surface area (Å²) in [5, 5.41) is 16.4. The first kappa shape index (κ1) is 20.6. The largest absolute Gasteiger partial charge is 0.497 e. The van der Waals surface area contributed by atoms with Crippen molar-refractivity contribution in [2.75, 3.05) is 25.3 Å². The van der Waals surface area contributed by atoms with Crippen LogP contribution >= 0.6 is 0 Å². The Morgan fingerprint density at radius 2 is 1.84 bits per heavy atom. The lowest BCUT2D eigenvalue weighted by Gasteiger charge is -2.35. The number of carbonyl (C=O) groups is 1. The number of benzene rings is 2. The highest BCUT2D eigenvalue weighted by Crippen LogP contribution is 2.40. The van der Waals surface area contributed by atoms with Crippen molar-refractivity contribution in [1.82, 2.24) is 4.90 Å². The molecule has 1 N–H and O–H groups in total. The molecule has 2 aliphatic heterocycles. The van der Waals surface area contributed by atoms with Crippen LogP contribution < -0.4 is 9.75 Å². The van der Waals surface area contributed by atoms with Gasteiger partial charge in [-0.1, -0.05) is 30.3 Å². The maximum atomic E-state index is 12.9. The molecule has 31 heavy (non-hydrogen) atoms. The SMILES string of the molecule is CCOC(=O)C1=C(C)N=C2N(c3ccccc3)N=C(CO)N2C1c1ccc(OC)cc1. The predicted octanol–water partition coefficient (Wildman–Crippen LogP) is 3.07. The number of amidine groups is 1. The van der Waals surface area contributed by atoms with Crippen LogP contribution in [0.1, 0.15) is 25.5 Å². The number of hydrogen-bond donors (Lipinski definition) is 1. The summed E-state index contributed by atoms with van der Waals surface area (Å²) in [6, 6.07) is 16.4. The number of ether oxygens (including phenoxy) is 2. The maximum absolute atomic E-state index is 12.9. The number of aliphatic imine (C=N–C) groups is 1. The highest BCUT2D eigenvalue weighted by atomic mass is 16.5. The number of carbonyl (C=O) groups excluding carboxylic acids is 1. The zero-order chi connectivity index (χ0) is 22.0. The summed E-state index contributed by atoms with van der Waals surface area (Å²) < 4.78 is 10.6. The van der Waals surface area contributed by atoms with E-state index >= 15 is 0 Å². The number of hydrazone groups is 1. The zero-order valence-electron chi connectivity index (χ0n) is 17.6. The van der Waals surface area contributed by atoms with Crippen molar-refractivity contribution in [2.24, 2.45) is 10.1 Å². The lowest BCUT2D eigenvalue weighted by Crippen LogP contribution is -2.45. The molecule has 8 nitrogen and oxygen atoms in total. The number of rotatable bonds is 6. The zero-order valence-corrected chi connectivity index (χ0v) is 17.6. The smallest absolute Gasteiger partial charge is 0.338 e. The van der Waals surface area contributed by atoms with Gasteiger partial charge >= 0.3 is 5.97 Å². The Morgan fingerprint density at radius 3 is 2.45 bits per heavy atom. The number of fused-ring (bicyclic) bond motifs is 1. The predicted molar refractivity (Wildman–Crippen MR) is 118 cm³/mol. The molecule has 2 aromatic carbocycles. The minimum atomic E-state index is -0.558. The highest BCUT2D eigenvalue weighted by molar-refractivity contribution is 6.15. The average Bonchev–Trinajstić information content (AvgIpc) is 3.17. The number of para-hydroxylation sites is 1. The van der Waals surface area contributed by atoms with Gasteiger partial charge in [0.25, 0.3) is 0 Å². The molecule has 1 atom stereocenters. The number of methoxy groups -OCH3 is 1. The second kappa shape index (κ2) is 8.61. The molecule has 0 saturated carbocycles. The van der Waals surface area contributed by atoms with Gasteiger partial charge in [0, 0.05) is 0 Å². The number of guanidine groups is 1. The molecule has 0 amide bonds. The Labute approximate surface area is 180 Å². The van der Waals surface area contributed by atoms with Crippen LogP contribution in [0.4, 0.5) is 5.69 Å². The first-order valence-corrected chi connectivity index (χ1v) is 10.0. The number of anilines is 1. The molecule has 2 aromatic rings. The molecule has 160 valence electrons. The van der Waals surface area contributed by atoms with E-state index in [-0.39, 0.29) is 13.2 Å². The van der Waals surface area contributed by atoms with Gasteiger partial charge in [-0.3, -0.25) is 4.90 Å². The molecule has 0 spiro atoms. The molecule has 0 radical (unpaired) electrons.